The molecule has 0 spiro atoms. The van der Waals surface area contributed by atoms with Crippen molar-refractivity contribution in [2.75, 3.05) is 53.7 Å². The highest BCUT2D eigenvalue weighted by Crippen LogP contribution is 2.35. The summed E-state index contributed by atoms with van der Waals surface area (Å²) in [5.41, 5.74) is 5.56. The van der Waals surface area contributed by atoms with Crippen molar-refractivity contribution in [3.63, 3.8) is 0 Å². The molecule has 4 N–H and O–H groups in total. The molecule has 2 aromatic carbocycles. The van der Waals surface area contributed by atoms with E-state index in [1.54, 1.807) is 24.2 Å². The first-order valence-corrected chi connectivity index (χ1v) is 21.3. The first kappa shape index (κ1) is 44.3. The molecule has 0 bridgehead atoms. The second-order valence-corrected chi connectivity index (χ2v) is 16.6. The van der Waals surface area contributed by atoms with Crippen LogP contribution in [0, 0.1) is 11.8 Å². The second-order valence-electron chi connectivity index (χ2n) is 16.6. The highest BCUT2D eigenvalue weighted by Gasteiger charge is 2.42. The van der Waals surface area contributed by atoms with Gasteiger partial charge in [-0.1, -0.05) is 62.4 Å². The van der Waals surface area contributed by atoms with Gasteiger partial charge in [-0.2, -0.15) is 0 Å². The largest absolute Gasteiger partial charge is 0.453 e. The molecule has 0 radical (unpaired) electrons. The van der Waals surface area contributed by atoms with Crippen LogP contribution in [0.25, 0.3) is 33.6 Å². The SMILES string of the molecule is COC(=O)NC(C(=O)N(CC1(C)OCCO1)C(C)c1ncc(-c2ccc(-c3ccc(-c4cnc(C5CCCN5C(=O)C(NC(=O)OC)C5CCOCC5)[nH]4)cc3)cc2)[nH]1)C(C)C. The Kier molecular flexibility index (Phi) is 13.9. The number of hydrogen-bond acceptors (Lipinski definition) is 11. The topological polar surface area (TPSA) is 202 Å². The molecular formula is C45H58N8O9. The predicted molar refractivity (Wildman–Crippen MR) is 228 cm³/mol. The number of benzene rings is 2. The Morgan fingerprint density at radius 1 is 0.806 bits per heavy atom. The van der Waals surface area contributed by atoms with Gasteiger partial charge in [0.1, 0.15) is 23.7 Å². The van der Waals surface area contributed by atoms with Crippen molar-refractivity contribution in [2.45, 2.75) is 83.3 Å². The minimum absolute atomic E-state index is 0.0364. The lowest BCUT2D eigenvalue weighted by Crippen LogP contribution is -2.55. The van der Waals surface area contributed by atoms with E-state index in [9.17, 15) is 19.2 Å². The van der Waals surface area contributed by atoms with E-state index in [2.05, 4.69) is 37.7 Å². The Morgan fingerprint density at radius 2 is 1.37 bits per heavy atom. The number of alkyl carbamates (subject to hydrolysis) is 2. The van der Waals surface area contributed by atoms with Crippen molar-refractivity contribution in [3.05, 3.63) is 72.6 Å². The predicted octanol–water partition coefficient (Wildman–Crippen LogP) is 5.98. The maximum atomic E-state index is 14.1. The van der Waals surface area contributed by atoms with Crippen LogP contribution in [0.3, 0.4) is 0 Å². The standard InChI is InChI=1S/C45H58N8O9/c1-27(2)37(50-43(56)58-5)41(54)53(26-45(4)61-22-23-62-45)28(3)39-46-24-34(48-39)31-13-9-29(10-14-31)30-11-15-32(16-12-30)35-25-47-40(49-35)36-8-7-19-52(36)42(55)38(51-44(57)59-6)33-17-20-60-21-18-33/h9-16,24-25,27-28,33,36-38H,7-8,17-23,26H2,1-6H3,(H,46,48)(H,47,49)(H,50,56)(H,51,57). The van der Waals surface area contributed by atoms with E-state index in [0.717, 1.165) is 46.5 Å². The van der Waals surface area contributed by atoms with Crippen LogP contribution < -0.4 is 10.6 Å². The number of rotatable bonds is 14. The number of H-pyrrole nitrogens is 2. The summed E-state index contributed by atoms with van der Waals surface area (Å²) in [5.74, 6) is -0.418. The van der Waals surface area contributed by atoms with Crippen LogP contribution in [0.5, 0.6) is 0 Å². The number of methoxy groups -OCH3 is 2. The molecule has 62 heavy (non-hydrogen) atoms. The molecule has 2 aromatic heterocycles. The fourth-order valence-corrected chi connectivity index (χ4v) is 8.53. The van der Waals surface area contributed by atoms with E-state index in [-0.39, 0.29) is 36.2 Å². The number of amides is 4. The molecule has 17 nitrogen and oxygen atoms in total. The minimum Gasteiger partial charge on any atom is -0.453 e. The number of imidazole rings is 2. The Labute approximate surface area is 361 Å². The van der Waals surface area contributed by atoms with E-state index in [0.29, 0.717) is 57.5 Å². The highest BCUT2D eigenvalue weighted by atomic mass is 16.7. The highest BCUT2D eigenvalue weighted by molar-refractivity contribution is 5.87. The lowest BCUT2D eigenvalue weighted by Gasteiger charge is -2.37. The molecule has 5 heterocycles. The number of aromatic amines is 2. The summed E-state index contributed by atoms with van der Waals surface area (Å²) in [4.78, 5) is 72.3. The quantitative estimate of drug-likeness (QED) is 0.116. The Balaban J connectivity index is 1.02. The normalized spacial score (nSPS) is 19.1. The van der Waals surface area contributed by atoms with Crippen molar-refractivity contribution in [1.82, 2.24) is 40.4 Å². The lowest BCUT2D eigenvalue weighted by atomic mass is 9.90. The summed E-state index contributed by atoms with van der Waals surface area (Å²) >= 11 is 0. The van der Waals surface area contributed by atoms with Gasteiger partial charge in [0.25, 0.3) is 0 Å². The lowest BCUT2D eigenvalue weighted by molar-refractivity contribution is -0.172. The van der Waals surface area contributed by atoms with Crippen LogP contribution >= 0.6 is 0 Å². The van der Waals surface area contributed by atoms with Crippen molar-refractivity contribution < 1.29 is 42.9 Å². The van der Waals surface area contributed by atoms with Gasteiger partial charge in [0, 0.05) is 19.8 Å². The molecular weight excluding hydrogens is 797 g/mol. The second kappa shape index (κ2) is 19.5. The molecule has 4 unspecified atom stereocenters. The minimum atomic E-state index is -1.01. The van der Waals surface area contributed by atoms with E-state index in [1.807, 2.05) is 62.1 Å². The Morgan fingerprint density at radius 3 is 1.97 bits per heavy atom. The number of likely N-dealkylation sites (tertiary alicyclic amines) is 1. The van der Waals surface area contributed by atoms with Gasteiger partial charge in [-0.3, -0.25) is 9.59 Å². The maximum absolute atomic E-state index is 14.1. The zero-order chi connectivity index (χ0) is 44.0. The van der Waals surface area contributed by atoms with Crippen molar-refractivity contribution in [2.24, 2.45) is 11.8 Å². The fourth-order valence-electron chi connectivity index (χ4n) is 8.53. The van der Waals surface area contributed by atoms with E-state index in [1.165, 1.54) is 14.2 Å². The van der Waals surface area contributed by atoms with Crippen LogP contribution in [-0.4, -0.2) is 125 Å². The average Bonchev–Trinajstić information content (AvgIpc) is 4.14. The number of aromatic nitrogens is 4. The van der Waals surface area contributed by atoms with Crippen molar-refractivity contribution >= 4 is 24.0 Å². The van der Waals surface area contributed by atoms with Crippen molar-refractivity contribution in [1.29, 1.82) is 0 Å². The van der Waals surface area contributed by atoms with Crippen molar-refractivity contribution in [3.8, 4) is 33.6 Å². The zero-order valence-electron chi connectivity index (χ0n) is 36.3. The van der Waals surface area contributed by atoms with E-state index in [4.69, 9.17) is 28.7 Å². The molecule has 7 rings (SSSR count). The van der Waals surface area contributed by atoms with Gasteiger partial charge in [0.05, 0.1) is 69.8 Å². The first-order valence-electron chi connectivity index (χ1n) is 21.3. The third-order valence-corrected chi connectivity index (χ3v) is 12.1. The molecule has 332 valence electrons. The van der Waals surface area contributed by atoms with E-state index < -0.39 is 36.1 Å². The first-order chi connectivity index (χ1) is 29.9. The molecule has 3 aliphatic heterocycles. The van der Waals surface area contributed by atoms with Crippen LogP contribution in [0.2, 0.25) is 0 Å². The number of carbonyl (C=O) groups is 4. The number of carbonyl (C=O) groups excluding carboxylic acids is 4. The third kappa shape index (κ3) is 9.95. The molecule has 3 saturated heterocycles. The third-order valence-electron chi connectivity index (χ3n) is 12.1. The van der Waals surface area contributed by atoms with Gasteiger partial charge in [-0.25, -0.2) is 19.6 Å². The molecule has 4 aromatic rings. The molecule has 0 aliphatic carbocycles. The number of ether oxygens (including phenoxy) is 5. The van der Waals surface area contributed by atoms with Gasteiger partial charge < -0.3 is 54.1 Å². The molecule has 0 saturated carbocycles. The fraction of sp³-hybridized carbons (Fsp3) is 0.511. The number of hydrogen-bond donors (Lipinski definition) is 4. The molecule has 4 amide bonds. The van der Waals surface area contributed by atoms with Gasteiger partial charge in [-0.15, -0.1) is 0 Å². The van der Waals surface area contributed by atoms with E-state index >= 15 is 0 Å². The zero-order valence-corrected chi connectivity index (χ0v) is 36.3. The smallest absolute Gasteiger partial charge is 0.407 e. The molecule has 3 aliphatic rings. The monoisotopic (exact) mass is 854 g/mol. The number of nitrogens with one attached hydrogen (secondary N) is 4. The molecule has 3 fully saturated rings. The molecule has 4 atom stereocenters. The van der Waals surface area contributed by atoms with Gasteiger partial charge >= 0.3 is 12.2 Å². The summed E-state index contributed by atoms with van der Waals surface area (Å²) < 4.78 is 26.9. The van der Waals surface area contributed by atoms with Crippen LogP contribution in [-0.2, 0) is 33.3 Å². The van der Waals surface area contributed by atoms with Crippen LogP contribution in [0.4, 0.5) is 9.59 Å². The Bertz CT molecular complexity index is 2160. The summed E-state index contributed by atoms with van der Waals surface area (Å²) in [7, 11) is 2.57. The number of nitrogens with zero attached hydrogens (tertiary/aromatic N) is 4. The summed E-state index contributed by atoms with van der Waals surface area (Å²) in [5, 5.41) is 5.49. The summed E-state index contributed by atoms with van der Waals surface area (Å²) in [6, 6.07) is 14.1. The summed E-state index contributed by atoms with van der Waals surface area (Å²) in [6.07, 6.45) is 5.21. The summed E-state index contributed by atoms with van der Waals surface area (Å²) in [6.45, 7) is 10.0. The van der Waals surface area contributed by atoms with Gasteiger partial charge in [0.2, 0.25) is 11.8 Å². The van der Waals surface area contributed by atoms with Gasteiger partial charge in [0.15, 0.2) is 5.79 Å². The van der Waals surface area contributed by atoms with Gasteiger partial charge in [-0.05, 0) is 73.6 Å². The maximum Gasteiger partial charge on any atom is 0.407 e. The molecule has 17 heteroatoms. The van der Waals surface area contributed by atoms with Crippen LogP contribution in [0.15, 0.2) is 60.9 Å². The Hall–Kier alpha value is -5.78. The average molecular weight is 855 g/mol. The van der Waals surface area contributed by atoms with Crippen LogP contribution in [0.1, 0.15) is 77.1 Å².